The van der Waals surface area contributed by atoms with Gasteiger partial charge in [0.2, 0.25) is 0 Å². The summed E-state index contributed by atoms with van der Waals surface area (Å²) < 4.78 is 0. The van der Waals surface area contributed by atoms with Crippen LogP contribution in [0.4, 0.5) is 0 Å². The van der Waals surface area contributed by atoms with Crippen LogP contribution in [0.2, 0.25) is 5.02 Å². The van der Waals surface area contributed by atoms with E-state index >= 15 is 0 Å². The van der Waals surface area contributed by atoms with Crippen molar-refractivity contribution in [3.63, 3.8) is 0 Å². The van der Waals surface area contributed by atoms with Crippen LogP contribution >= 0.6 is 11.6 Å². The molecule has 2 N–H and O–H groups in total. The smallest absolute Gasteiger partial charge is 0.0680 e. The fourth-order valence-corrected chi connectivity index (χ4v) is 2.56. The van der Waals surface area contributed by atoms with Crippen molar-refractivity contribution in [2.75, 3.05) is 20.1 Å². The number of aliphatic hydroxyl groups excluding tert-OH is 1. The molecule has 1 heterocycles. The van der Waals surface area contributed by atoms with E-state index < -0.39 is 0 Å². The zero-order chi connectivity index (χ0) is 13.1. The lowest BCUT2D eigenvalue weighted by Crippen LogP contribution is -2.36. The molecule has 1 fully saturated rings. The Labute approximate surface area is 114 Å². The summed E-state index contributed by atoms with van der Waals surface area (Å²) >= 11 is 5.90. The first-order valence-electron chi connectivity index (χ1n) is 6.43. The van der Waals surface area contributed by atoms with E-state index in [1.54, 1.807) is 0 Å². The SMILES string of the molecule is CC(c1ccc(Cl)cc1)N(C)CC1CC(O)CN1. The molecule has 100 valence electrons. The number of aliphatic hydroxyl groups is 1. The van der Waals surface area contributed by atoms with E-state index in [0.717, 1.165) is 18.0 Å². The molecule has 18 heavy (non-hydrogen) atoms. The predicted molar refractivity (Wildman–Crippen MR) is 74.9 cm³/mol. The molecule has 1 saturated heterocycles. The summed E-state index contributed by atoms with van der Waals surface area (Å²) in [4.78, 5) is 2.30. The molecule has 3 nitrogen and oxygen atoms in total. The van der Waals surface area contributed by atoms with Gasteiger partial charge in [-0.1, -0.05) is 23.7 Å². The monoisotopic (exact) mass is 268 g/mol. The van der Waals surface area contributed by atoms with E-state index in [4.69, 9.17) is 11.6 Å². The molecule has 0 aromatic heterocycles. The number of hydrogen-bond donors (Lipinski definition) is 2. The van der Waals surface area contributed by atoms with Crippen molar-refractivity contribution in [1.82, 2.24) is 10.2 Å². The molecule has 1 aromatic carbocycles. The highest BCUT2D eigenvalue weighted by Gasteiger charge is 2.24. The summed E-state index contributed by atoms with van der Waals surface area (Å²) in [7, 11) is 2.12. The van der Waals surface area contributed by atoms with Gasteiger partial charge in [-0.2, -0.15) is 0 Å². The Kier molecular flexibility index (Phi) is 4.62. The lowest BCUT2D eigenvalue weighted by atomic mass is 10.1. The number of halogens is 1. The first-order valence-corrected chi connectivity index (χ1v) is 6.81. The van der Waals surface area contributed by atoms with E-state index in [1.807, 2.05) is 12.1 Å². The van der Waals surface area contributed by atoms with Gasteiger partial charge >= 0.3 is 0 Å². The third kappa shape index (κ3) is 3.45. The zero-order valence-corrected chi connectivity index (χ0v) is 11.7. The molecule has 1 aliphatic rings. The molecule has 0 bridgehead atoms. The molecular formula is C14H21ClN2O. The number of β-amino-alcohol motifs (C(OH)–C–C–N with tert-alkyl or cyclic N) is 1. The van der Waals surface area contributed by atoms with Gasteiger partial charge in [0.05, 0.1) is 6.10 Å². The van der Waals surface area contributed by atoms with Gasteiger partial charge in [0.25, 0.3) is 0 Å². The molecule has 0 aliphatic carbocycles. The second kappa shape index (κ2) is 6.02. The lowest BCUT2D eigenvalue weighted by Gasteiger charge is -2.27. The summed E-state index contributed by atoms with van der Waals surface area (Å²) in [6.45, 7) is 3.85. The van der Waals surface area contributed by atoms with Crippen LogP contribution in [0.5, 0.6) is 0 Å². The quantitative estimate of drug-likeness (QED) is 0.877. The Morgan fingerprint density at radius 2 is 2.11 bits per heavy atom. The third-order valence-electron chi connectivity index (χ3n) is 3.72. The van der Waals surface area contributed by atoms with Crippen LogP contribution in [0, 0.1) is 0 Å². The second-order valence-corrected chi connectivity index (χ2v) is 5.60. The highest BCUT2D eigenvalue weighted by molar-refractivity contribution is 6.30. The van der Waals surface area contributed by atoms with Crippen LogP contribution in [0.25, 0.3) is 0 Å². The highest BCUT2D eigenvalue weighted by atomic mass is 35.5. The van der Waals surface area contributed by atoms with Crippen LogP contribution in [-0.4, -0.2) is 42.3 Å². The Morgan fingerprint density at radius 3 is 2.67 bits per heavy atom. The Bertz CT molecular complexity index is 382. The van der Waals surface area contributed by atoms with Crippen molar-refractivity contribution < 1.29 is 5.11 Å². The van der Waals surface area contributed by atoms with E-state index in [2.05, 4.69) is 36.3 Å². The minimum atomic E-state index is -0.186. The average Bonchev–Trinajstić information content (AvgIpc) is 2.75. The molecule has 4 heteroatoms. The Morgan fingerprint density at radius 1 is 1.44 bits per heavy atom. The van der Waals surface area contributed by atoms with Gasteiger partial charge in [0.15, 0.2) is 0 Å². The number of rotatable bonds is 4. The number of likely N-dealkylation sites (N-methyl/N-ethyl adjacent to an activating group) is 1. The summed E-state index contributed by atoms with van der Waals surface area (Å²) in [6, 6.07) is 8.74. The van der Waals surface area contributed by atoms with E-state index in [1.165, 1.54) is 5.56 Å². The maximum atomic E-state index is 9.50. The molecule has 1 aromatic rings. The van der Waals surface area contributed by atoms with Gasteiger partial charge in [0, 0.05) is 30.2 Å². The Balaban J connectivity index is 1.92. The predicted octanol–water partition coefficient (Wildman–Crippen LogP) is 2.06. The largest absolute Gasteiger partial charge is 0.392 e. The zero-order valence-electron chi connectivity index (χ0n) is 10.9. The number of hydrogen-bond acceptors (Lipinski definition) is 3. The van der Waals surface area contributed by atoms with Crippen LogP contribution in [0.1, 0.15) is 24.9 Å². The third-order valence-corrected chi connectivity index (χ3v) is 3.97. The summed E-state index contributed by atoms with van der Waals surface area (Å²) in [5.41, 5.74) is 1.26. The first kappa shape index (κ1) is 13.8. The van der Waals surface area contributed by atoms with Gasteiger partial charge in [-0.15, -0.1) is 0 Å². The molecule has 0 saturated carbocycles. The Hall–Kier alpha value is -0.610. The summed E-state index contributed by atoms with van der Waals surface area (Å²) in [5, 5.41) is 13.6. The topological polar surface area (TPSA) is 35.5 Å². The molecule has 2 rings (SSSR count). The highest BCUT2D eigenvalue weighted by Crippen LogP contribution is 2.21. The van der Waals surface area contributed by atoms with Gasteiger partial charge < -0.3 is 10.4 Å². The maximum Gasteiger partial charge on any atom is 0.0680 e. The van der Waals surface area contributed by atoms with Crippen molar-refractivity contribution >= 4 is 11.6 Å². The minimum Gasteiger partial charge on any atom is -0.392 e. The van der Waals surface area contributed by atoms with E-state index in [-0.39, 0.29) is 6.10 Å². The molecule has 3 unspecified atom stereocenters. The van der Waals surface area contributed by atoms with Crippen molar-refractivity contribution in [2.45, 2.75) is 31.5 Å². The number of benzene rings is 1. The molecule has 3 atom stereocenters. The van der Waals surface area contributed by atoms with Crippen molar-refractivity contribution in [3.05, 3.63) is 34.9 Å². The molecule has 0 amide bonds. The second-order valence-electron chi connectivity index (χ2n) is 5.16. The van der Waals surface area contributed by atoms with Crippen LogP contribution in [0.3, 0.4) is 0 Å². The lowest BCUT2D eigenvalue weighted by molar-refractivity contribution is 0.185. The molecule has 1 aliphatic heterocycles. The van der Waals surface area contributed by atoms with E-state index in [9.17, 15) is 5.11 Å². The fraction of sp³-hybridized carbons (Fsp3) is 0.571. The van der Waals surface area contributed by atoms with Gasteiger partial charge in [-0.3, -0.25) is 4.90 Å². The molecule has 0 radical (unpaired) electrons. The molecular weight excluding hydrogens is 248 g/mol. The van der Waals surface area contributed by atoms with Gasteiger partial charge in [-0.05, 0) is 38.1 Å². The van der Waals surface area contributed by atoms with E-state index in [0.29, 0.717) is 18.6 Å². The maximum absolute atomic E-state index is 9.50. The number of nitrogens with one attached hydrogen (secondary N) is 1. The van der Waals surface area contributed by atoms with Crippen LogP contribution in [0.15, 0.2) is 24.3 Å². The average molecular weight is 269 g/mol. The summed E-state index contributed by atoms with van der Waals surface area (Å²) in [6.07, 6.45) is 0.659. The normalized spacial score (nSPS) is 25.6. The van der Waals surface area contributed by atoms with Crippen molar-refractivity contribution in [3.8, 4) is 0 Å². The summed E-state index contributed by atoms with van der Waals surface area (Å²) in [5.74, 6) is 0. The van der Waals surface area contributed by atoms with Gasteiger partial charge in [0.1, 0.15) is 0 Å². The molecule has 0 spiro atoms. The number of nitrogens with zero attached hydrogens (tertiary/aromatic N) is 1. The standard InChI is InChI=1S/C14H21ClN2O/c1-10(11-3-5-12(15)6-4-11)17(2)9-13-7-14(18)8-16-13/h3-6,10,13-14,16,18H,7-9H2,1-2H3. The van der Waals surface area contributed by atoms with Crippen LogP contribution < -0.4 is 5.32 Å². The van der Waals surface area contributed by atoms with Crippen molar-refractivity contribution in [1.29, 1.82) is 0 Å². The first-order chi connectivity index (χ1) is 8.56. The van der Waals surface area contributed by atoms with Crippen LogP contribution in [-0.2, 0) is 0 Å². The fourth-order valence-electron chi connectivity index (χ4n) is 2.44. The minimum absolute atomic E-state index is 0.186. The van der Waals surface area contributed by atoms with Crippen molar-refractivity contribution in [2.24, 2.45) is 0 Å². The van der Waals surface area contributed by atoms with Gasteiger partial charge in [-0.25, -0.2) is 0 Å².